The lowest BCUT2D eigenvalue weighted by Crippen LogP contribution is -2.38. The zero-order valence-electron chi connectivity index (χ0n) is 15.6. The van der Waals surface area contributed by atoms with Gasteiger partial charge in [-0.05, 0) is 50.3 Å². The number of hydrogen-bond acceptors (Lipinski definition) is 4. The highest BCUT2D eigenvalue weighted by molar-refractivity contribution is 7.09. The first-order valence-electron chi connectivity index (χ1n) is 9.00. The normalized spacial score (nSPS) is 16.3. The average molecular weight is 358 g/mol. The minimum absolute atomic E-state index is 0.570. The number of nitrogens with zero attached hydrogens (tertiary/aromatic N) is 3. The summed E-state index contributed by atoms with van der Waals surface area (Å²) in [6, 6.07) is 7.07. The second-order valence-corrected chi connectivity index (χ2v) is 7.57. The molecular weight excluding hydrogens is 330 g/mol. The quantitative estimate of drug-likeness (QED) is 0.583. The van der Waals surface area contributed by atoms with Crippen LogP contribution in [0.15, 0.2) is 28.6 Å². The number of amidine groups is 1. The second kappa shape index (κ2) is 8.00. The number of aliphatic imine (C=N–C) groups is 1. The fraction of sp³-hybridized carbons (Fsp3) is 0.500. The Bertz CT molecular complexity index is 745. The van der Waals surface area contributed by atoms with Gasteiger partial charge in [0.25, 0.3) is 6.02 Å². The lowest BCUT2D eigenvalue weighted by Gasteiger charge is -2.32. The van der Waals surface area contributed by atoms with Crippen molar-refractivity contribution in [2.45, 2.75) is 46.0 Å². The first-order valence-corrected chi connectivity index (χ1v) is 9.87. The molecule has 0 bridgehead atoms. The number of methoxy groups -OCH3 is 1. The van der Waals surface area contributed by atoms with Crippen LogP contribution in [0.1, 0.15) is 47.5 Å². The molecule has 134 valence electrons. The topological polar surface area (TPSA) is 37.7 Å². The van der Waals surface area contributed by atoms with E-state index in [0.717, 1.165) is 44.1 Å². The van der Waals surface area contributed by atoms with Gasteiger partial charge in [-0.25, -0.2) is 4.98 Å². The van der Waals surface area contributed by atoms with Crippen LogP contribution in [-0.4, -0.2) is 36.1 Å². The number of aromatic nitrogens is 1. The molecule has 0 spiro atoms. The van der Waals surface area contributed by atoms with E-state index in [9.17, 15) is 0 Å². The van der Waals surface area contributed by atoms with E-state index in [-0.39, 0.29) is 0 Å². The minimum atomic E-state index is 0.570. The zero-order valence-corrected chi connectivity index (χ0v) is 16.4. The number of aryl methyl sites for hydroxylation is 3. The van der Waals surface area contributed by atoms with Gasteiger partial charge in [0.15, 0.2) is 0 Å². The fourth-order valence-electron chi connectivity index (χ4n) is 3.18. The minimum Gasteiger partial charge on any atom is -0.468 e. The molecule has 25 heavy (non-hydrogen) atoms. The number of benzene rings is 1. The van der Waals surface area contributed by atoms with Gasteiger partial charge in [0, 0.05) is 24.4 Å². The van der Waals surface area contributed by atoms with Crippen LogP contribution < -0.4 is 0 Å². The number of thiazole rings is 1. The van der Waals surface area contributed by atoms with Crippen LogP contribution in [0.25, 0.3) is 0 Å². The number of likely N-dealkylation sites (tertiary alicyclic amines) is 1. The Morgan fingerprint density at radius 1 is 1.32 bits per heavy atom. The number of hydrogen-bond donors (Lipinski definition) is 0. The van der Waals surface area contributed by atoms with Gasteiger partial charge in [-0.15, -0.1) is 11.3 Å². The highest BCUT2D eigenvalue weighted by Gasteiger charge is 2.25. The summed E-state index contributed by atoms with van der Waals surface area (Å²) in [7, 11) is 1.71. The standard InChI is InChI=1S/C20H27N3OS/c1-5-17-13-25-19(21-17)16-8-10-23(11-9-16)20(24-4)22-18-12-14(2)6-7-15(18)3/h6-7,12-13,16H,5,8-11H2,1-4H3/b22-20-. The summed E-state index contributed by atoms with van der Waals surface area (Å²) < 4.78 is 5.61. The summed E-state index contributed by atoms with van der Waals surface area (Å²) in [6.45, 7) is 8.27. The molecule has 0 atom stereocenters. The lowest BCUT2D eigenvalue weighted by atomic mass is 9.98. The molecule has 1 aliphatic heterocycles. The van der Waals surface area contributed by atoms with Crippen molar-refractivity contribution in [3.63, 3.8) is 0 Å². The molecule has 0 amide bonds. The third-order valence-electron chi connectivity index (χ3n) is 4.81. The summed E-state index contributed by atoms with van der Waals surface area (Å²) >= 11 is 1.81. The Morgan fingerprint density at radius 3 is 2.72 bits per heavy atom. The molecule has 2 heterocycles. The monoisotopic (exact) mass is 357 g/mol. The maximum absolute atomic E-state index is 5.61. The molecule has 5 heteroatoms. The first kappa shape index (κ1) is 17.9. The largest absolute Gasteiger partial charge is 0.468 e. The highest BCUT2D eigenvalue weighted by Crippen LogP contribution is 2.31. The Kier molecular flexibility index (Phi) is 5.74. The van der Waals surface area contributed by atoms with Gasteiger partial charge in [0.05, 0.1) is 23.5 Å². The van der Waals surface area contributed by atoms with Gasteiger partial charge in [-0.1, -0.05) is 19.1 Å². The van der Waals surface area contributed by atoms with E-state index in [4.69, 9.17) is 14.7 Å². The number of ether oxygens (including phenoxy) is 1. The molecule has 2 aromatic rings. The first-order chi connectivity index (χ1) is 12.1. The Morgan fingerprint density at radius 2 is 2.08 bits per heavy atom. The Balaban J connectivity index is 1.69. The van der Waals surface area contributed by atoms with Gasteiger partial charge >= 0.3 is 0 Å². The van der Waals surface area contributed by atoms with Crippen LogP contribution in [0.3, 0.4) is 0 Å². The molecule has 0 aliphatic carbocycles. The molecule has 1 aromatic heterocycles. The van der Waals surface area contributed by atoms with Crippen molar-refractivity contribution in [2.75, 3.05) is 20.2 Å². The lowest BCUT2D eigenvalue weighted by molar-refractivity contribution is 0.239. The molecule has 4 nitrogen and oxygen atoms in total. The SMILES string of the molecule is CCc1csc(C2CCN(/C(=N/c3cc(C)ccc3C)OC)CC2)n1. The van der Waals surface area contributed by atoms with E-state index >= 15 is 0 Å². The van der Waals surface area contributed by atoms with Gasteiger partial charge < -0.3 is 9.64 Å². The van der Waals surface area contributed by atoms with Gasteiger partial charge in [0.1, 0.15) is 0 Å². The maximum Gasteiger partial charge on any atom is 0.292 e. The van der Waals surface area contributed by atoms with Crippen LogP contribution in [0, 0.1) is 13.8 Å². The van der Waals surface area contributed by atoms with E-state index in [0.29, 0.717) is 5.92 Å². The number of piperidine rings is 1. The molecule has 0 radical (unpaired) electrons. The van der Waals surface area contributed by atoms with E-state index in [1.54, 1.807) is 7.11 Å². The molecular formula is C20H27N3OS. The van der Waals surface area contributed by atoms with Crippen molar-refractivity contribution in [1.29, 1.82) is 0 Å². The van der Waals surface area contributed by atoms with Crippen molar-refractivity contribution in [2.24, 2.45) is 4.99 Å². The maximum atomic E-state index is 5.61. The second-order valence-electron chi connectivity index (χ2n) is 6.68. The summed E-state index contributed by atoms with van der Waals surface area (Å²) in [5.74, 6) is 0.570. The van der Waals surface area contributed by atoms with E-state index in [1.165, 1.54) is 21.8 Å². The Hall–Kier alpha value is -1.88. The van der Waals surface area contributed by atoms with Crippen molar-refractivity contribution in [3.8, 4) is 0 Å². The average Bonchev–Trinajstić information content (AvgIpc) is 3.12. The van der Waals surface area contributed by atoms with E-state index < -0.39 is 0 Å². The van der Waals surface area contributed by atoms with Crippen LogP contribution in [0.5, 0.6) is 0 Å². The van der Waals surface area contributed by atoms with Gasteiger partial charge in [-0.2, -0.15) is 4.99 Å². The molecule has 3 rings (SSSR count). The third kappa shape index (κ3) is 4.21. The third-order valence-corrected chi connectivity index (χ3v) is 5.87. The summed E-state index contributed by atoms with van der Waals surface area (Å²) in [6.07, 6.45) is 3.23. The molecule has 0 unspecified atom stereocenters. The van der Waals surface area contributed by atoms with Crippen molar-refractivity contribution in [3.05, 3.63) is 45.4 Å². The van der Waals surface area contributed by atoms with Crippen molar-refractivity contribution >= 4 is 23.0 Å². The molecule has 1 aromatic carbocycles. The van der Waals surface area contributed by atoms with Crippen LogP contribution in [0.4, 0.5) is 5.69 Å². The predicted molar refractivity (Wildman–Crippen MR) is 105 cm³/mol. The van der Waals surface area contributed by atoms with E-state index in [1.807, 2.05) is 11.3 Å². The van der Waals surface area contributed by atoms with Crippen LogP contribution in [-0.2, 0) is 11.2 Å². The van der Waals surface area contributed by atoms with Crippen molar-refractivity contribution in [1.82, 2.24) is 9.88 Å². The van der Waals surface area contributed by atoms with Gasteiger partial charge in [0.2, 0.25) is 0 Å². The van der Waals surface area contributed by atoms with E-state index in [2.05, 4.69) is 49.3 Å². The summed E-state index contributed by atoms with van der Waals surface area (Å²) in [4.78, 5) is 11.8. The van der Waals surface area contributed by atoms with Crippen LogP contribution in [0.2, 0.25) is 0 Å². The zero-order chi connectivity index (χ0) is 17.8. The smallest absolute Gasteiger partial charge is 0.292 e. The Labute approximate surface area is 154 Å². The molecule has 1 aliphatic rings. The van der Waals surface area contributed by atoms with Gasteiger partial charge in [-0.3, -0.25) is 0 Å². The molecule has 1 saturated heterocycles. The predicted octanol–water partition coefficient (Wildman–Crippen LogP) is 4.84. The highest BCUT2D eigenvalue weighted by atomic mass is 32.1. The molecule has 1 fully saturated rings. The van der Waals surface area contributed by atoms with Crippen LogP contribution >= 0.6 is 11.3 Å². The fourth-order valence-corrected chi connectivity index (χ4v) is 4.25. The molecule has 0 N–H and O–H groups in total. The summed E-state index contributed by atoms with van der Waals surface area (Å²) in [5.41, 5.74) is 4.60. The number of rotatable bonds is 3. The summed E-state index contributed by atoms with van der Waals surface area (Å²) in [5, 5.41) is 3.49. The molecule has 0 saturated carbocycles. The van der Waals surface area contributed by atoms with Crippen molar-refractivity contribution < 1.29 is 4.74 Å².